The molecule has 6 unspecified atom stereocenters. The first-order valence-corrected chi connectivity index (χ1v) is 22.6. The van der Waals surface area contributed by atoms with E-state index in [1.807, 2.05) is 0 Å². The van der Waals surface area contributed by atoms with E-state index in [9.17, 15) is 25.2 Å². The summed E-state index contributed by atoms with van der Waals surface area (Å²) in [4.78, 5) is 12.7. The molecule has 9 heteroatoms. The van der Waals surface area contributed by atoms with Crippen LogP contribution in [0.15, 0.2) is 36.5 Å². The lowest BCUT2D eigenvalue weighted by atomic mass is 9.99. The molecule has 55 heavy (non-hydrogen) atoms. The van der Waals surface area contributed by atoms with Crippen molar-refractivity contribution in [3.8, 4) is 0 Å². The molecule has 1 fully saturated rings. The van der Waals surface area contributed by atoms with Crippen molar-refractivity contribution in [2.24, 2.45) is 0 Å². The predicted molar refractivity (Wildman–Crippen MR) is 224 cm³/mol. The fourth-order valence-corrected chi connectivity index (χ4v) is 6.70. The maximum absolute atomic E-state index is 12.7. The molecule has 0 aliphatic carbocycles. The molecule has 0 amide bonds. The third kappa shape index (κ3) is 29.3. The Bertz CT molecular complexity index is 936. The van der Waals surface area contributed by atoms with E-state index in [2.05, 4.69) is 50.3 Å². The van der Waals surface area contributed by atoms with Gasteiger partial charge < -0.3 is 39.4 Å². The number of allylic oxidation sites excluding steroid dienone is 6. The number of ether oxygens (including phenoxy) is 4. The molecule has 9 nitrogen and oxygen atoms in total. The maximum Gasteiger partial charge on any atom is 0.306 e. The molecular formula is C46H84O9. The van der Waals surface area contributed by atoms with Crippen LogP contribution in [-0.4, -0.2) is 89.6 Å². The molecule has 0 bridgehead atoms. The summed E-state index contributed by atoms with van der Waals surface area (Å²) in [6.45, 7) is 4.47. The number of rotatable bonds is 38. The van der Waals surface area contributed by atoms with Gasteiger partial charge in [0.15, 0.2) is 6.29 Å². The lowest BCUT2D eigenvalue weighted by Gasteiger charge is -2.39. The Balaban J connectivity index is 2.20. The average Bonchev–Trinajstić information content (AvgIpc) is 3.18. The molecule has 0 radical (unpaired) electrons. The summed E-state index contributed by atoms with van der Waals surface area (Å²) >= 11 is 0. The van der Waals surface area contributed by atoms with E-state index in [4.69, 9.17) is 18.9 Å². The second-order valence-corrected chi connectivity index (χ2v) is 15.5. The standard InChI is InChI=1S/C46H84O9/c1-3-5-7-9-11-13-15-16-17-18-19-20-21-22-23-24-25-26-28-30-32-34-36-52-38-40(39-53-46-45(51)44(50)43(49)41(37-47)55-46)54-42(48)35-33-31-29-27-14-12-10-8-6-4-2/h8,10,15-16,18-19,40-41,43-47,49-51H,3-7,9,11-14,17,20-39H2,1-2H3/b10-8-,16-15-,19-18-. The molecule has 1 aliphatic heterocycles. The first-order chi connectivity index (χ1) is 26.9. The molecule has 1 saturated heterocycles. The molecule has 322 valence electrons. The van der Waals surface area contributed by atoms with Crippen molar-refractivity contribution in [2.75, 3.05) is 26.4 Å². The first kappa shape index (κ1) is 51.4. The van der Waals surface area contributed by atoms with Crippen LogP contribution in [0.3, 0.4) is 0 Å². The zero-order valence-electron chi connectivity index (χ0n) is 35.2. The molecule has 0 aromatic rings. The van der Waals surface area contributed by atoms with Gasteiger partial charge >= 0.3 is 5.97 Å². The van der Waals surface area contributed by atoms with Crippen LogP contribution >= 0.6 is 0 Å². The van der Waals surface area contributed by atoms with Gasteiger partial charge in [-0.2, -0.15) is 0 Å². The van der Waals surface area contributed by atoms with Crippen LogP contribution in [0.4, 0.5) is 0 Å². The highest BCUT2D eigenvalue weighted by Gasteiger charge is 2.44. The number of carbonyl (C=O) groups excluding carboxylic acids is 1. The molecule has 0 saturated carbocycles. The highest BCUT2D eigenvalue weighted by Crippen LogP contribution is 2.22. The van der Waals surface area contributed by atoms with Gasteiger partial charge in [0.1, 0.15) is 30.5 Å². The Morgan fingerprint density at radius 2 is 1.09 bits per heavy atom. The van der Waals surface area contributed by atoms with Crippen molar-refractivity contribution in [3.05, 3.63) is 36.5 Å². The van der Waals surface area contributed by atoms with Crippen molar-refractivity contribution >= 4 is 5.97 Å². The van der Waals surface area contributed by atoms with Gasteiger partial charge in [-0.15, -0.1) is 0 Å². The summed E-state index contributed by atoms with van der Waals surface area (Å²) in [6, 6.07) is 0. The Morgan fingerprint density at radius 3 is 1.65 bits per heavy atom. The molecular weight excluding hydrogens is 696 g/mol. The monoisotopic (exact) mass is 781 g/mol. The minimum Gasteiger partial charge on any atom is -0.457 e. The summed E-state index contributed by atoms with van der Waals surface area (Å²) in [6.07, 6.45) is 37.5. The SMILES string of the molecule is CCC/C=C\CCCCCCCC(=O)OC(COCCCCCCCCCCCC/C=C\C/C=C\CCCCCCC)COC1OC(CO)C(O)C(O)C1O. The first-order valence-electron chi connectivity index (χ1n) is 22.6. The number of esters is 1. The van der Waals surface area contributed by atoms with E-state index >= 15 is 0 Å². The number of hydrogen-bond acceptors (Lipinski definition) is 9. The fourth-order valence-electron chi connectivity index (χ4n) is 6.70. The molecule has 0 aromatic heterocycles. The molecule has 0 aromatic carbocycles. The zero-order valence-corrected chi connectivity index (χ0v) is 35.2. The van der Waals surface area contributed by atoms with E-state index < -0.39 is 43.4 Å². The van der Waals surface area contributed by atoms with Crippen molar-refractivity contribution in [1.29, 1.82) is 0 Å². The smallest absolute Gasteiger partial charge is 0.306 e. The Morgan fingerprint density at radius 1 is 0.582 bits per heavy atom. The van der Waals surface area contributed by atoms with E-state index in [0.717, 1.165) is 64.2 Å². The molecule has 6 atom stereocenters. The van der Waals surface area contributed by atoms with Gasteiger partial charge in [0.25, 0.3) is 0 Å². The second kappa shape index (κ2) is 38.0. The van der Waals surface area contributed by atoms with Crippen LogP contribution < -0.4 is 0 Å². The number of aliphatic hydroxyl groups excluding tert-OH is 4. The van der Waals surface area contributed by atoms with Crippen molar-refractivity contribution in [3.63, 3.8) is 0 Å². The summed E-state index contributed by atoms with van der Waals surface area (Å²) in [5, 5.41) is 40.0. The highest BCUT2D eigenvalue weighted by atomic mass is 16.7. The molecule has 4 N–H and O–H groups in total. The van der Waals surface area contributed by atoms with Gasteiger partial charge in [-0.1, -0.05) is 153 Å². The number of carbonyl (C=O) groups is 1. The van der Waals surface area contributed by atoms with E-state index in [1.165, 1.54) is 103 Å². The normalized spacial score (nSPS) is 21.0. The van der Waals surface area contributed by atoms with Crippen molar-refractivity contribution in [1.82, 2.24) is 0 Å². The van der Waals surface area contributed by atoms with Crippen molar-refractivity contribution < 1.29 is 44.2 Å². The third-order valence-corrected chi connectivity index (χ3v) is 10.3. The van der Waals surface area contributed by atoms with E-state index in [1.54, 1.807) is 0 Å². The van der Waals surface area contributed by atoms with Crippen molar-refractivity contribution in [2.45, 2.75) is 224 Å². The summed E-state index contributed by atoms with van der Waals surface area (Å²) < 4.78 is 22.8. The minimum atomic E-state index is -1.54. The number of hydrogen-bond donors (Lipinski definition) is 4. The molecule has 0 spiro atoms. The molecule has 1 aliphatic rings. The Hall–Kier alpha value is -1.59. The zero-order chi connectivity index (χ0) is 40.0. The fraction of sp³-hybridized carbons (Fsp3) is 0.848. The average molecular weight is 781 g/mol. The van der Waals surface area contributed by atoms with Crippen LogP contribution in [-0.2, 0) is 23.7 Å². The van der Waals surface area contributed by atoms with Crippen LogP contribution in [0.25, 0.3) is 0 Å². The van der Waals surface area contributed by atoms with Gasteiger partial charge in [-0.05, 0) is 64.2 Å². The van der Waals surface area contributed by atoms with Crippen LogP contribution in [0, 0.1) is 0 Å². The summed E-state index contributed by atoms with van der Waals surface area (Å²) in [7, 11) is 0. The van der Waals surface area contributed by atoms with E-state index in [-0.39, 0.29) is 19.2 Å². The van der Waals surface area contributed by atoms with Crippen LogP contribution in [0.1, 0.15) is 187 Å². The lowest BCUT2D eigenvalue weighted by Crippen LogP contribution is -2.59. The van der Waals surface area contributed by atoms with Crippen LogP contribution in [0.2, 0.25) is 0 Å². The Kier molecular flexibility index (Phi) is 35.5. The number of aliphatic hydroxyl groups is 4. The van der Waals surface area contributed by atoms with Gasteiger partial charge in [-0.25, -0.2) is 0 Å². The number of unbranched alkanes of at least 4 members (excludes halogenated alkanes) is 21. The second-order valence-electron chi connectivity index (χ2n) is 15.5. The molecule has 1 heterocycles. The molecule has 1 rings (SSSR count). The summed E-state index contributed by atoms with van der Waals surface area (Å²) in [5.74, 6) is -0.327. The minimum absolute atomic E-state index is 0.117. The third-order valence-electron chi connectivity index (χ3n) is 10.3. The van der Waals surface area contributed by atoms with E-state index in [0.29, 0.717) is 13.0 Å². The van der Waals surface area contributed by atoms with Gasteiger partial charge in [-0.3, -0.25) is 4.79 Å². The van der Waals surface area contributed by atoms with Crippen LogP contribution in [0.5, 0.6) is 0 Å². The topological polar surface area (TPSA) is 135 Å². The quantitative estimate of drug-likeness (QED) is 0.0274. The highest BCUT2D eigenvalue weighted by molar-refractivity contribution is 5.69. The summed E-state index contributed by atoms with van der Waals surface area (Å²) in [5.41, 5.74) is 0. The maximum atomic E-state index is 12.7. The predicted octanol–water partition coefficient (Wildman–Crippen LogP) is 9.97. The van der Waals surface area contributed by atoms with Gasteiger partial charge in [0.05, 0.1) is 19.8 Å². The van der Waals surface area contributed by atoms with Gasteiger partial charge in [0, 0.05) is 13.0 Å². The Labute approximate surface area is 336 Å². The largest absolute Gasteiger partial charge is 0.457 e. The lowest BCUT2D eigenvalue weighted by molar-refractivity contribution is -0.305. The van der Waals surface area contributed by atoms with Gasteiger partial charge in [0.2, 0.25) is 0 Å².